The summed E-state index contributed by atoms with van der Waals surface area (Å²) >= 11 is 7.55. The van der Waals surface area contributed by atoms with Gasteiger partial charge in [-0.25, -0.2) is 0 Å². The Balaban J connectivity index is 1.53. The van der Waals surface area contributed by atoms with E-state index in [1.165, 1.54) is 11.3 Å². The van der Waals surface area contributed by atoms with Crippen LogP contribution in [-0.2, 0) is 11.2 Å². The minimum Gasteiger partial charge on any atom is -0.333 e. The number of thiophene rings is 1. The Labute approximate surface area is 164 Å². The van der Waals surface area contributed by atoms with Crippen LogP contribution in [0.15, 0.2) is 70.6 Å². The summed E-state index contributed by atoms with van der Waals surface area (Å²) in [5.74, 6) is 0.717. The number of aromatic nitrogens is 2. The third kappa shape index (κ3) is 3.92. The van der Waals surface area contributed by atoms with Gasteiger partial charge in [-0.3, -0.25) is 4.79 Å². The van der Waals surface area contributed by atoms with E-state index >= 15 is 0 Å². The Morgan fingerprint density at radius 2 is 1.85 bits per heavy atom. The van der Waals surface area contributed by atoms with Crippen LogP contribution in [0, 0.1) is 0 Å². The molecule has 0 saturated heterocycles. The highest BCUT2D eigenvalue weighted by Gasteiger charge is 2.17. The Hall–Kier alpha value is -2.96. The van der Waals surface area contributed by atoms with Crippen molar-refractivity contribution in [1.29, 1.82) is 0 Å². The van der Waals surface area contributed by atoms with Crippen molar-refractivity contribution in [2.24, 2.45) is 0 Å². The van der Waals surface area contributed by atoms with Crippen molar-refractivity contribution in [1.82, 2.24) is 10.1 Å². The maximum Gasteiger partial charge on any atom is 0.270 e. The lowest BCUT2D eigenvalue weighted by molar-refractivity contribution is -0.115. The molecule has 2 heterocycles. The van der Waals surface area contributed by atoms with Crippen LogP contribution in [0.25, 0.3) is 22.2 Å². The molecule has 2 aromatic heterocycles. The fraction of sp³-hybridized carbons (Fsp3) is 0.0500. The third-order valence-electron chi connectivity index (χ3n) is 3.90. The van der Waals surface area contributed by atoms with Crippen LogP contribution in [0.4, 0.5) is 5.69 Å². The molecular formula is C20H14ClN3O2S. The molecule has 7 heteroatoms. The number of carbonyl (C=O) groups is 1. The molecule has 4 aromatic rings. The molecule has 1 N–H and O–H groups in total. The van der Waals surface area contributed by atoms with E-state index in [0.717, 1.165) is 16.0 Å². The predicted molar refractivity (Wildman–Crippen MR) is 107 cm³/mol. The standard InChI is InChI=1S/C20H14ClN3O2S/c21-15-9-5-4-8-14(15)12-17(25)22-16-10-11-27-18(16)20-23-19(24-26-20)13-6-2-1-3-7-13/h1-11H,12H2,(H,22,25). The molecule has 1 amide bonds. The van der Waals surface area contributed by atoms with E-state index in [0.29, 0.717) is 22.4 Å². The smallest absolute Gasteiger partial charge is 0.270 e. The molecule has 0 saturated carbocycles. The van der Waals surface area contributed by atoms with E-state index in [-0.39, 0.29) is 12.3 Å². The molecule has 4 rings (SSSR count). The minimum absolute atomic E-state index is 0.162. The summed E-state index contributed by atoms with van der Waals surface area (Å²) in [6.07, 6.45) is 0.189. The zero-order chi connectivity index (χ0) is 18.6. The number of carbonyl (C=O) groups excluding carboxylic acids is 1. The van der Waals surface area contributed by atoms with Gasteiger partial charge in [0.05, 0.1) is 12.1 Å². The Bertz CT molecular complexity index is 1080. The zero-order valence-electron chi connectivity index (χ0n) is 14.1. The number of anilines is 1. The third-order valence-corrected chi connectivity index (χ3v) is 5.17. The van der Waals surface area contributed by atoms with Gasteiger partial charge in [0.2, 0.25) is 11.7 Å². The van der Waals surface area contributed by atoms with Crippen molar-refractivity contribution in [2.75, 3.05) is 5.32 Å². The lowest BCUT2D eigenvalue weighted by atomic mass is 10.1. The van der Waals surface area contributed by atoms with Crippen LogP contribution in [0.3, 0.4) is 0 Å². The number of halogens is 1. The van der Waals surface area contributed by atoms with Gasteiger partial charge in [-0.15, -0.1) is 11.3 Å². The highest BCUT2D eigenvalue weighted by molar-refractivity contribution is 7.14. The fourth-order valence-corrected chi connectivity index (χ4v) is 3.58. The second kappa shape index (κ2) is 7.73. The molecule has 0 unspecified atom stereocenters. The first-order valence-electron chi connectivity index (χ1n) is 8.21. The SMILES string of the molecule is O=C(Cc1ccccc1Cl)Nc1ccsc1-c1nc(-c2ccccc2)no1. The van der Waals surface area contributed by atoms with Gasteiger partial charge in [-0.2, -0.15) is 4.98 Å². The molecule has 5 nitrogen and oxygen atoms in total. The van der Waals surface area contributed by atoms with Gasteiger partial charge >= 0.3 is 0 Å². The highest BCUT2D eigenvalue weighted by atomic mass is 35.5. The van der Waals surface area contributed by atoms with Crippen LogP contribution >= 0.6 is 22.9 Å². The van der Waals surface area contributed by atoms with E-state index < -0.39 is 0 Å². The first-order chi connectivity index (χ1) is 13.2. The van der Waals surface area contributed by atoms with Gasteiger partial charge in [-0.1, -0.05) is 65.3 Å². The van der Waals surface area contributed by atoms with Gasteiger partial charge < -0.3 is 9.84 Å². The van der Waals surface area contributed by atoms with Crippen LogP contribution in [0.1, 0.15) is 5.56 Å². The lowest BCUT2D eigenvalue weighted by Crippen LogP contribution is -2.14. The summed E-state index contributed by atoms with van der Waals surface area (Å²) in [5.41, 5.74) is 2.28. The van der Waals surface area contributed by atoms with E-state index in [9.17, 15) is 4.79 Å². The number of nitrogens with one attached hydrogen (secondary N) is 1. The van der Waals surface area contributed by atoms with Crippen LogP contribution in [-0.4, -0.2) is 16.0 Å². The highest BCUT2D eigenvalue weighted by Crippen LogP contribution is 2.33. The van der Waals surface area contributed by atoms with Crippen molar-refractivity contribution in [3.05, 3.63) is 76.6 Å². The number of benzene rings is 2. The van der Waals surface area contributed by atoms with Crippen LogP contribution < -0.4 is 5.32 Å². The number of hydrogen-bond donors (Lipinski definition) is 1. The molecule has 2 aromatic carbocycles. The van der Waals surface area contributed by atoms with Crippen LogP contribution in [0.2, 0.25) is 5.02 Å². The van der Waals surface area contributed by atoms with Crippen LogP contribution in [0.5, 0.6) is 0 Å². The molecule has 0 aliphatic rings. The largest absolute Gasteiger partial charge is 0.333 e. The summed E-state index contributed by atoms with van der Waals surface area (Å²) in [6, 6.07) is 18.7. The van der Waals surface area contributed by atoms with Gasteiger partial charge in [0.25, 0.3) is 5.89 Å². The Morgan fingerprint density at radius 1 is 1.07 bits per heavy atom. The van der Waals surface area contributed by atoms with Gasteiger partial charge in [0.15, 0.2) is 0 Å². The molecule has 0 atom stereocenters. The van der Waals surface area contributed by atoms with Crippen molar-refractivity contribution in [2.45, 2.75) is 6.42 Å². The maximum atomic E-state index is 12.4. The van der Waals surface area contributed by atoms with E-state index in [4.69, 9.17) is 16.1 Å². The summed E-state index contributed by atoms with van der Waals surface area (Å²) < 4.78 is 5.40. The van der Waals surface area contributed by atoms with Gasteiger partial charge in [0, 0.05) is 10.6 Å². The summed E-state index contributed by atoms with van der Waals surface area (Å²) in [4.78, 5) is 17.6. The van der Waals surface area contributed by atoms with Crippen molar-refractivity contribution in [3.8, 4) is 22.2 Å². The molecule has 0 aliphatic carbocycles. The van der Waals surface area contributed by atoms with Gasteiger partial charge in [-0.05, 0) is 23.1 Å². The van der Waals surface area contributed by atoms with Crippen molar-refractivity contribution in [3.63, 3.8) is 0 Å². The second-order valence-electron chi connectivity index (χ2n) is 5.77. The first kappa shape index (κ1) is 17.5. The molecule has 27 heavy (non-hydrogen) atoms. The van der Waals surface area contributed by atoms with Crippen molar-refractivity contribution < 1.29 is 9.32 Å². The fourth-order valence-electron chi connectivity index (χ4n) is 2.60. The maximum absolute atomic E-state index is 12.4. The van der Waals surface area contributed by atoms with Gasteiger partial charge in [0.1, 0.15) is 4.88 Å². The topological polar surface area (TPSA) is 68.0 Å². The zero-order valence-corrected chi connectivity index (χ0v) is 15.6. The second-order valence-corrected chi connectivity index (χ2v) is 7.09. The average molecular weight is 396 g/mol. The molecule has 0 fully saturated rings. The molecule has 134 valence electrons. The lowest BCUT2D eigenvalue weighted by Gasteiger charge is -2.06. The van der Waals surface area contributed by atoms with E-state index in [1.807, 2.05) is 60.0 Å². The van der Waals surface area contributed by atoms with E-state index in [2.05, 4.69) is 15.5 Å². The summed E-state index contributed by atoms with van der Waals surface area (Å²) in [5, 5.41) is 9.37. The Kier molecular flexibility index (Phi) is 5.00. The number of rotatable bonds is 5. The first-order valence-corrected chi connectivity index (χ1v) is 9.47. The summed E-state index contributed by atoms with van der Waals surface area (Å²) in [6.45, 7) is 0. The monoisotopic (exact) mass is 395 g/mol. The van der Waals surface area contributed by atoms with Crippen molar-refractivity contribution >= 4 is 34.5 Å². The molecule has 0 radical (unpaired) electrons. The number of amides is 1. The molecule has 0 bridgehead atoms. The molecule has 0 aliphatic heterocycles. The molecular weight excluding hydrogens is 382 g/mol. The van der Waals surface area contributed by atoms with E-state index in [1.54, 1.807) is 6.07 Å². The Morgan fingerprint density at radius 3 is 2.67 bits per heavy atom. The normalized spacial score (nSPS) is 10.7. The number of nitrogens with zero attached hydrogens (tertiary/aromatic N) is 2. The average Bonchev–Trinajstić information content (AvgIpc) is 3.33. The summed E-state index contributed by atoms with van der Waals surface area (Å²) in [7, 11) is 0. The molecule has 0 spiro atoms. The quantitative estimate of drug-likeness (QED) is 0.498. The predicted octanol–water partition coefficient (Wildman–Crippen LogP) is 5.30. The number of hydrogen-bond acceptors (Lipinski definition) is 5. The minimum atomic E-state index is -0.162.